The second-order valence-electron chi connectivity index (χ2n) is 3.51. The van der Waals surface area contributed by atoms with Crippen LogP contribution in [0.15, 0.2) is 12.1 Å². The summed E-state index contributed by atoms with van der Waals surface area (Å²) >= 11 is 0. The average Bonchev–Trinajstić information content (AvgIpc) is 2.47. The van der Waals surface area contributed by atoms with Gasteiger partial charge in [-0.2, -0.15) is 0 Å². The molecule has 4 nitrogen and oxygen atoms in total. The number of benzene rings is 1. The van der Waals surface area contributed by atoms with E-state index in [0.717, 1.165) is 12.0 Å². The maximum Gasteiger partial charge on any atom is 0.252 e. The summed E-state index contributed by atoms with van der Waals surface area (Å²) in [5, 5.41) is 0. The number of carbonyl (C=O) groups is 1. The van der Waals surface area contributed by atoms with Crippen LogP contribution in [0.3, 0.4) is 0 Å². The lowest BCUT2D eigenvalue weighted by Crippen LogP contribution is -2.13. The number of hydrogen-bond donors (Lipinski definition) is 2. The Hall–Kier alpha value is -1.71. The van der Waals surface area contributed by atoms with Crippen molar-refractivity contribution in [2.45, 2.75) is 19.4 Å². The number of nitrogen functional groups attached to an aromatic ring is 1. The van der Waals surface area contributed by atoms with E-state index in [4.69, 9.17) is 16.2 Å². The number of primary amides is 1. The molecule has 1 amide bonds. The van der Waals surface area contributed by atoms with Crippen molar-refractivity contribution in [2.24, 2.45) is 5.73 Å². The molecular formula is C10H12N2O2. The van der Waals surface area contributed by atoms with E-state index in [1.165, 1.54) is 0 Å². The van der Waals surface area contributed by atoms with Gasteiger partial charge in [0.1, 0.15) is 11.9 Å². The molecular weight excluding hydrogens is 180 g/mol. The van der Waals surface area contributed by atoms with Gasteiger partial charge < -0.3 is 16.2 Å². The summed E-state index contributed by atoms with van der Waals surface area (Å²) in [6.07, 6.45) is 0.801. The van der Waals surface area contributed by atoms with Gasteiger partial charge in [-0.25, -0.2) is 0 Å². The van der Waals surface area contributed by atoms with E-state index in [9.17, 15) is 4.79 Å². The molecule has 0 radical (unpaired) electrons. The van der Waals surface area contributed by atoms with Crippen molar-refractivity contribution >= 4 is 11.6 Å². The molecule has 0 unspecified atom stereocenters. The molecule has 1 aliphatic heterocycles. The molecule has 2 rings (SSSR count). The highest BCUT2D eigenvalue weighted by molar-refractivity contribution is 5.97. The topological polar surface area (TPSA) is 78.3 Å². The van der Waals surface area contributed by atoms with Crippen molar-refractivity contribution in [3.05, 3.63) is 23.3 Å². The number of amides is 1. The number of nitrogens with two attached hydrogens (primary N) is 2. The second-order valence-corrected chi connectivity index (χ2v) is 3.51. The molecule has 14 heavy (non-hydrogen) atoms. The Balaban J connectivity index is 2.59. The summed E-state index contributed by atoms with van der Waals surface area (Å²) < 4.78 is 5.50. The Morgan fingerprint density at radius 3 is 2.93 bits per heavy atom. The number of fused-ring (bicyclic) bond motifs is 1. The molecule has 1 aliphatic rings. The summed E-state index contributed by atoms with van der Waals surface area (Å²) in [5.41, 5.74) is 13.0. The summed E-state index contributed by atoms with van der Waals surface area (Å²) in [5.74, 6) is 0.0837. The maximum atomic E-state index is 11.1. The van der Waals surface area contributed by atoms with Crippen LogP contribution in [0.5, 0.6) is 5.75 Å². The van der Waals surface area contributed by atoms with Crippen LogP contribution in [0.4, 0.5) is 5.69 Å². The van der Waals surface area contributed by atoms with E-state index in [2.05, 4.69) is 0 Å². The monoisotopic (exact) mass is 192 g/mol. The van der Waals surface area contributed by atoms with Gasteiger partial charge in [-0.15, -0.1) is 0 Å². The Morgan fingerprint density at radius 2 is 2.29 bits per heavy atom. The minimum Gasteiger partial charge on any atom is -0.489 e. The molecule has 1 aromatic rings. The van der Waals surface area contributed by atoms with Gasteiger partial charge >= 0.3 is 0 Å². The first-order chi connectivity index (χ1) is 6.59. The zero-order valence-electron chi connectivity index (χ0n) is 7.91. The van der Waals surface area contributed by atoms with Crippen molar-refractivity contribution in [1.29, 1.82) is 0 Å². The number of anilines is 1. The fraction of sp³-hybridized carbons (Fsp3) is 0.300. The molecule has 0 aliphatic carbocycles. The molecule has 1 aromatic carbocycles. The highest BCUT2D eigenvalue weighted by atomic mass is 16.5. The smallest absolute Gasteiger partial charge is 0.252 e. The van der Waals surface area contributed by atoms with Gasteiger partial charge in [-0.3, -0.25) is 4.79 Å². The molecule has 0 spiro atoms. The fourth-order valence-corrected chi connectivity index (χ4v) is 1.71. The van der Waals surface area contributed by atoms with E-state index in [0.29, 0.717) is 17.0 Å². The van der Waals surface area contributed by atoms with Crippen molar-refractivity contribution in [3.8, 4) is 5.75 Å². The molecule has 0 saturated heterocycles. The summed E-state index contributed by atoms with van der Waals surface area (Å²) in [6.45, 7) is 1.93. The molecule has 4 heteroatoms. The number of carbonyl (C=O) groups excluding carboxylic acids is 1. The predicted molar refractivity (Wildman–Crippen MR) is 53.2 cm³/mol. The Kier molecular flexibility index (Phi) is 1.84. The minimum absolute atomic E-state index is 0.0628. The van der Waals surface area contributed by atoms with Gasteiger partial charge in [0, 0.05) is 17.7 Å². The molecule has 74 valence electrons. The standard InChI is InChI=1S/C10H12N2O2/c1-5-4-7-8(11)3-2-6(10(12)13)9(7)14-5/h2-3,5H,4,11H2,1H3,(H2,12,13)/t5-/m0/s1. The van der Waals surface area contributed by atoms with Crippen LogP contribution in [-0.4, -0.2) is 12.0 Å². The zero-order valence-corrected chi connectivity index (χ0v) is 7.91. The number of hydrogen-bond acceptors (Lipinski definition) is 3. The van der Waals surface area contributed by atoms with Gasteiger partial charge in [0.15, 0.2) is 0 Å². The Bertz CT molecular complexity index is 401. The SMILES string of the molecule is C[C@H]1Cc2c(N)ccc(C(N)=O)c2O1. The third-order valence-corrected chi connectivity index (χ3v) is 2.37. The van der Waals surface area contributed by atoms with Crippen LogP contribution in [0, 0.1) is 0 Å². The number of ether oxygens (including phenoxy) is 1. The van der Waals surface area contributed by atoms with Crippen LogP contribution >= 0.6 is 0 Å². The Labute approximate surface area is 81.8 Å². The lowest BCUT2D eigenvalue weighted by molar-refractivity contribution is 0.0996. The predicted octanol–water partition coefficient (Wildman–Crippen LogP) is 0.691. The lowest BCUT2D eigenvalue weighted by Gasteiger charge is -2.07. The largest absolute Gasteiger partial charge is 0.489 e. The first-order valence-corrected chi connectivity index (χ1v) is 4.47. The lowest BCUT2D eigenvalue weighted by atomic mass is 10.0. The normalized spacial score (nSPS) is 18.8. The molecule has 0 bridgehead atoms. The third-order valence-electron chi connectivity index (χ3n) is 2.37. The van der Waals surface area contributed by atoms with Crippen LogP contribution in [0.1, 0.15) is 22.8 Å². The van der Waals surface area contributed by atoms with Gasteiger partial charge in [-0.1, -0.05) is 0 Å². The van der Waals surface area contributed by atoms with Crippen LogP contribution in [-0.2, 0) is 6.42 Å². The maximum absolute atomic E-state index is 11.1. The highest BCUT2D eigenvalue weighted by Gasteiger charge is 2.25. The van der Waals surface area contributed by atoms with E-state index in [1.54, 1.807) is 12.1 Å². The van der Waals surface area contributed by atoms with E-state index in [-0.39, 0.29) is 6.10 Å². The summed E-state index contributed by atoms with van der Waals surface area (Å²) in [4.78, 5) is 11.1. The molecule has 1 heterocycles. The van der Waals surface area contributed by atoms with Gasteiger partial charge in [0.2, 0.25) is 0 Å². The fourth-order valence-electron chi connectivity index (χ4n) is 1.71. The quantitative estimate of drug-likeness (QED) is 0.642. The molecule has 0 saturated carbocycles. The zero-order chi connectivity index (χ0) is 10.3. The van der Waals surface area contributed by atoms with Crippen molar-refractivity contribution in [3.63, 3.8) is 0 Å². The van der Waals surface area contributed by atoms with Crippen LogP contribution in [0.25, 0.3) is 0 Å². The summed E-state index contributed by atoms with van der Waals surface area (Å²) in [6, 6.07) is 3.30. The first-order valence-electron chi connectivity index (χ1n) is 4.47. The van der Waals surface area contributed by atoms with Gasteiger partial charge in [0.25, 0.3) is 5.91 Å². The number of rotatable bonds is 1. The van der Waals surface area contributed by atoms with Gasteiger partial charge in [0.05, 0.1) is 5.56 Å². The van der Waals surface area contributed by atoms with E-state index in [1.807, 2.05) is 6.92 Å². The van der Waals surface area contributed by atoms with E-state index < -0.39 is 5.91 Å². The third kappa shape index (κ3) is 1.19. The summed E-state index contributed by atoms with van der Waals surface area (Å²) in [7, 11) is 0. The van der Waals surface area contributed by atoms with Gasteiger partial charge in [-0.05, 0) is 19.1 Å². The first kappa shape index (κ1) is 8.87. The highest BCUT2D eigenvalue weighted by Crippen LogP contribution is 2.36. The minimum atomic E-state index is -0.477. The molecule has 1 atom stereocenters. The van der Waals surface area contributed by atoms with Crippen molar-refractivity contribution < 1.29 is 9.53 Å². The van der Waals surface area contributed by atoms with Crippen molar-refractivity contribution in [1.82, 2.24) is 0 Å². The second kappa shape index (κ2) is 2.90. The van der Waals surface area contributed by atoms with Crippen LogP contribution in [0.2, 0.25) is 0 Å². The Morgan fingerprint density at radius 1 is 1.57 bits per heavy atom. The molecule has 4 N–H and O–H groups in total. The van der Waals surface area contributed by atoms with E-state index >= 15 is 0 Å². The van der Waals surface area contributed by atoms with Crippen molar-refractivity contribution in [2.75, 3.05) is 5.73 Å². The molecule has 0 aromatic heterocycles. The average molecular weight is 192 g/mol. The van der Waals surface area contributed by atoms with Crippen LogP contribution < -0.4 is 16.2 Å². The molecule has 0 fully saturated rings.